The number of amides is 2. The van der Waals surface area contributed by atoms with Crippen LogP contribution in [0.2, 0.25) is 0 Å². The minimum atomic E-state index is -0.672. The Morgan fingerprint density at radius 2 is 1.50 bits per heavy atom. The summed E-state index contributed by atoms with van der Waals surface area (Å²) in [4.78, 5) is 40.7. The zero-order valence-electron chi connectivity index (χ0n) is 18.8. The summed E-state index contributed by atoms with van der Waals surface area (Å²) in [6.45, 7) is 5.52. The summed E-state index contributed by atoms with van der Waals surface area (Å²) in [6.07, 6.45) is 0.890. The van der Waals surface area contributed by atoms with Crippen LogP contribution < -0.4 is 5.32 Å². The van der Waals surface area contributed by atoms with Crippen LogP contribution >= 0.6 is 0 Å². The van der Waals surface area contributed by atoms with Crippen molar-refractivity contribution in [2.24, 2.45) is 0 Å². The van der Waals surface area contributed by atoms with Crippen molar-refractivity contribution in [3.8, 4) is 0 Å². The molecule has 0 aromatic heterocycles. The van der Waals surface area contributed by atoms with Gasteiger partial charge in [-0.2, -0.15) is 0 Å². The third-order valence-corrected chi connectivity index (χ3v) is 5.61. The number of nitrogens with zero attached hydrogens (tertiary/aromatic N) is 1. The molecule has 0 saturated carbocycles. The van der Waals surface area contributed by atoms with Crippen molar-refractivity contribution in [1.29, 1.82) is 0 Å². The predicted octanol–water partition coefficient (Wildman–Crippen LogP) is 4.45. The van der Waals surface area contributed by atoms with Gasteiger partial charge in [-0.3, -0.25) is 9.59 Å². The fraction of sp³-hybridized carbons (Fsp3) is 0.346. The fourth-order valence-electron chi connectivity index (χ4n) is 4.12. The molecule has 2 aromatic rings. The van der Waals surface area contributed by atoms with Gasteiger partial charge in [-0.25, -0.2) is 4.79 Å². The Morgan fingerprint density at radius 1 is 0.906 bits per heavy atom. The number of hydrogen-bond acceptors (Lipinski definition) is 4. The number of carbonyl (C=O) groups excluding carboxylic acids is 3. The van der Waals surface area contributed by atoms with E-state index in [1.54, 1.807) is 18.7 Å². The van der Waals surface area contributed by atoms with Crippen LogP contribution in [0.1, 0.15) is 63.2 Å². The van der Waals surface area contributed by atoms with Crippen LogP contribution in [0.4, 0.5) is 0 Å². The van der Waals surface area contributed by atoms with E-state index in [-0.39, 0.29) is 30.9 Å². The van der Waals surface area contributed by atoms with E-state index < -0.39 is 12.0 Å². The second kappa shape index (κ2) is 10.8. The van der Waals surface area contributed by atoms with Crippen LogP contribution in [0.25, 0.3) is 0 Å². The average Bonchev–Trinajstić information content (AvgIpc) is 2.83. The summed E-state index contributed by atoms with van der Waals surface area (Å²) < 4.78 is 5.40. The third kappa shape index (κ3) is 4.90. The van der Waals surface area contributed by atoms with E-state index in [4.69, 9.17) is 4.74 Å². The lowest BCUT2D eigenvalue weighted by Crippen LogP contribution is -2.46. The number of rotatable bonds is 7. The fourth-order valence-corrected chi connectivity index (χ4v) is 4.12. The molecule has 2 unspecified atom stereocenters. The van der Waals surface area contributed by atoms with Crippen LogP contribution in [0, 0.1) is 0 Å². The quantitative estimate of drug-likeness (QED) is 0.653. The molecule has 0 bridgehead atoms. The maximum Gasteiger partial charge on any atom is 0.338 e. The van der Waals surface area contributed by atoms with Gasteiger partial charge in [-0.15, -0.1) is 0 Å². The highest BCUT2D eigenvalue weighted by Gasteiger charge is 2.43. The van der Waals surface area contributed by atoms with Crippen LogP contribution in [0.3, 0.4) is 0 Å². The van der Waals surface area contributed by atoms with Gasteiger partial charge in [-0.05, 0) is 18.1 Å². The van der Waals surface area contributed by atoms with Gasteiger partial charge in [0.25, 0.3) is 0 Å². The van der Waals surface area contributed by atoms with Gasteiger partial charge in [0.2, 0.25) is 11.8 Å². The van der Waals surface area contributed by atoms with Gasteiger partial charge >= 0.3 is 5.97 Å². The summed E-state index contributed by atoms with van der Waals surface area (Å²) in [5, 5.41) is 2.94. The monoisotopic (exact) mass is 434 g/mol. The summed E-state index contributed by atoms with van der Waals surface area (Å²) in [5.74, 6) is -0.778. The first-order valence-corrected chi connectivity index (χ1v) is 11.1. The lowest BCUT2D eigenvalue weighted by Gasteiger charge is -2.44. The van der Waals surface area contributed by atoms with Crippen LogP contribution in [-0.4, -0.2) is 29.3 Å². The highest BCUT2D eigenvalue weighted by atomic mass is 16.5. The molecule has 3 rings (SSSR count). The minimum Gasteiger partial charge on any atom is -0.463 e. The summed E-state index contributed by atoms with van der Waals surface area (Å²) in [5.41, 5.74) is 2.56. The van der Waals surface area contributed by atoms with E-state index in [1.807, 2.05) is 67.6 Å². The molecule has 0 radical (unpaired) electrons. The topological polar surface area (TPSA) is 75.7 Å². The Morgan fingerprint density at radius 3 is 2.03 bits per heavy atom. The van der Waals surface area contributed by atoms with Crippen molar-refractivity contribution in [3.63, 3.8) is 0 Å². The molecule has 0 saturated heterocycles. The van der Waals surface area contributed by atoms with Crippen molar-refractivity contribution in [3.05, 3.63) is 83.1 Å². The van der Waals surface area contributed by atoms with Gasteiger partial charge in [-0.1, -0.05) is 74.5 Å². The van der Waals surface area contributed by atoms with Gasteiger partial charge in [0, 0.05) is 25.0 Å². The number of esters is 1. The van der Waals surface area contributed by atoms with Crippen molar-refractivity contribution >= 4 is 17.8 Å². The molecular weight excluding hydrogens is 404 g/mol. The molecule has 1 aliphatic heterocycles. The van der Waals surface area contributed by atoms with E-state index in [1.165, 1.54) is 0 Å². The Hall–Kier alpha value is -3.41. The second-order valence-corrected chi connectivity index (χ2v) is 7.61. The van der Waals surface area contributed by atoms with Crippen molar-refractivity contribution < 1.29 is 19.1 Å². The smallest absolute Gasteiger partial charge is 0.338 e. The first-order chi connectivity index (χ1) is 15.5. The number of carbonyl (C=O) groups is 3. The molecule has 6 nitrogen and oxygen atoms in total. The lowest BCUT2D eigenvalue weighted by atomic mass is 9.84. The maximum absolute atomic E-state index is 13.3. The van der Waals surface area contributed by atoms with Crippen molar-refractivity contribution in [2.75, 3.05) is 6.61 Å². The molecule has 0 fully saturated rings. The molecule has 2 aromatic carbocycles. The molecule has 1 N–H and O–H groups in total. The maximum atomic E-state index is 13.3. The highest BCUT2D eigenvalue weighted by molar-refractivity contribution is 5.94. The number of hydrogen-bond donors (Lipinski definition) is 1. The number of nitrogens with one attached hydrogen (secondary N) is 1. The molecule has 168 valence electrons. The van der Waals surface area contributed by atoms with Crippen LogP contribution in [-0.2, 0) is 19.1 Å². The van der Waals surface area contributed by atoms with Gasteiger partial charge in [0.15, 0.2) is 0 Å². The zero-order chi connectivity index (χ0) is 23.1. The molecular formula is C26H30N2O4. The predicted molar refractivity (Wildman–Crippen MR) is 122 cm³/mol. The first kappa shape index (κ1) is 23.3. The Bertz CT molecular complexity index is 985. The molecule has 6 heteroatoms. The van der Waals surface area contributed by atoms with E-state index in [0.29, 0.717) is 24.1 Å². The highest BCUT2D eigenvalue weighted by Crippen LogP contribution is 2.45. The normalized spacial score (nSPS) is 18.3. The Balaban J connectivity index is 2.28. The van der Waals surface area contributed by atoms with Crippen molar-refractivity contribution in [2.45, 2.75) is 52.1 Å². The van der Waals surface area contributed by atoms with Gasteiger partial charge in [0.1, 0.15) is 0 Å². The molecule has 32 heavy (non-hydrogen) atoms. The molecule has 2 atom stereocenters. The molecule has 1 aliphatic rings. The minimum absolute atomic E-state index is 0.0737. The van der Waals surface area contributed by atoms with Crippen LogP contribution in [0.5, 0.6) is 0 Å². The SMILES string of the molecule is CCOC(=O)C1=C(NC(=O)CC)CC(c2ccccc2)N(C(=O)CC)C1c1ccccc1. The number of benzene rings is 2. The Labute approximate surface area is 189 Å². The van der Waals surface area contributed by atoms with E-state index in [2.05, 4.69) is 5.32 Å². The van der Waals surface area contributed by atoms with Gasteiger partial charge < -0.3 is 15.0 Å². The van der Waals surface area contributed by atoms with Gasteiger partial charge in [0.05, 0.1) is 24.3 Å². The summed E-state index contributed by atoms with van der Waals surface area (Å²) >= 11 is 0. The Kier molecular flexibility index (Phi) is 7.82. The van der Waals surface area contributed by atoms with Crippen LogP contribution in [0.15, 0.2) is 71.9 Å². The third-order valence-electron chi connectivity index (χ3n) is 5.61. The summed E-state index contributed by atoms with van der Waals surface area (Å²) in [7, 11) is 0. The molecule has 1 heterocycles. The van der Waals surface area contributed by atoms with E-state index >= 15 is 0 Å². The standard InChI is InChI=1S/C26H30N2O4/c1-4-22(29)27-20-17-21(18-13-9-7-10-14-18)28(23(30)5-2)25(19-15-11-8-12-16-19)24(20)26(31)32-6-3/h7-16,21,25H,4-6,17H2,1-3H3,(H,27,29). The van der Waals surface area contributed by atoms with Crippen molar-refractivity contribution in [1.82, 2.24) is 10.2 Å². The lowest BCUT2D eigenvalue weighted by molar-refractivity contribution is -0.142. The number of ether oxygens (including phenoxy) is 1. The molecule has 0 aliphatic carbocycles. The average molecular weight is 435 g/mol. The zero-order valence-corrected chi connectivity index (χ0v) is 18.8. The molecule has 2 amide bonds. The van der Waals surface area contributed by atoms with E-state index in [0.717, 1.165) is 11.1 Å². The molecule has 0 spiro atoms. The van der Waals surface area contributed by atoms with E-state index in [9.17, 15) is 14.4 Å². The summed E-state index contributed by atoms with van der Waals surface area (Å²) in [6, 6.07) is 18.1. The largest absolute Gasteiger partial charge is 0.463 e. The first-order valence-electron chi connectivity index (χ1n) is 11.1. The second-order valence-electron chi connectivity index (χ2n) is 7.61.